The monoisotopic (exact) mass is 422 g/mol. The Labute approximate surface area is 177 Å². The molecule has 0 bridgehead atoms. The fourth-order valence-corrected chi connectivity index (χ4v) is 2.78. The van der Waals surface area contributed by atoms with Crippen molar-refractivity contribution < 1.29 is 29.1 Å². The number of benzene rings is 3. The number of nitrogens with one attached hydrogen (secondary N) is 1. The van der Waals surface area contributed by atoms with Crippen LogP contribution in [0.5, 0.6) is 11.5 Å². The Kier molecular flexibility index (Phi) is 6.46. The zero-order valence-corrected chi connectivity index (χ0v) is 16.4. The number of hydrogen-bond acceptors (Lipinski definition) is 7. The van der Waals surface area contributed by atoms with Crippen molar-refractivity contribution in [2.24, 2.45) is 0 Å². The molecule has 3 rings (SSSR count). The van der Waals surface area contributed by atoms with Crippen LogP contribution in [0.4, 0.5) is 11.4 Å². The molecular formula is C22H18N2O7. The van der Waals surface area contributed by atoms with E-state index in [0.29, 0.717) is 18.0 Å². The van der Waals surface area contributed by atoms with E-state index < -0.39 is 16.9 Å². The number of anilines is 1. The lowest BCUT2D eigenvalue weighted by atomic mass is 10.1. The maximum atomic E-state index is 12.4. The Hall–Kier alpha value is -4.40. The summed E-state index contributed by atoms with van der Waals surface area (Å²) in [5.74, 6) is -1.30. The van der Waals surface area contributed by atoms with Gasteiger partial charge in [0.15, 0.2) is 11.5 Å². The number of non-ortho nitro benzene ring substituents is 1. The van der Waals surface area contributed by atoms with Gasteiger partial charge in [0, 0.05) is 24.4 Å². The predicted molar refractivity (Wildman–Crippen MR) is 112 cm³/mol. The van der Waals surface area contributed by atoms with Gasteiger partial charge in [0.2, 0.25) is 0 Å². The first kappa shape index (κ1) is 21.3. The van der Waals surface area contributed by atoms with Crippen LogP contribution in [0.3, 0.4) is 0 Å². The number of carboxylic acids is 1. The van der Waals surface area contributed by atoms with Crippen LogP contribution in [0.2, 0.25) is 0 Å². The van der Waals surface area contributed by atoms with E-state index >= 15 is 0 Å². The van der Waals surface area contributed by atoms with Crippen LogP contribution >= 0.6 is 0 Å². The SMILES string of the molecule is COc1cc(CNc2cccc(C(=O)O)c2)ccc1OC(=O)c1cccc([N+](=O)[O-])c1. The number of ether oxygens (including phenoxy) is 2. The number of aromatic carboxylic acids is 1. The second-order valence-corrected chi connectivity index (χ2v) is 6.42. The third-order valence-corrected chi connectivity index (χ3v) is 4.33. The van der Waals surface area contributed by atoms with Gasteiger partial charge in [-0.3, -0.25) is 10.1 Å². The van der Waals surface area contributed by atoms with Crippen LogP contribution in [0.25, 0.3) is 0 Å². The van der Waals surface area contributed by atoms with Crippen molar-refractivity contribution in [3.05, 3.63) is 93.5 Å². The summed E-state index contributed by atoms with van der Waals surface area (Å²) in [7, 11) is 1.42. The Morgan fingerprint density at radius 1 is 1.00 bits per heavy atom. The van der Waals surface area contributed by atoms with Gasteiger partial charge in [0.25, 0.3) is 5.69 Å². The molecule has 0 heterocycles. The number of hydrogen-bond donors (Lipinski definition) is 2. The van der Waals surface area contributed by atoms with Crippen molar-refractivity contribution in [2.75, 3.05) is 12.4 Å². The van der Waals surface area contributed by atoms with E-state index in [1.807, 2.05) is 0 Å². The molecule has 0 amide bonds. The molecular weight excluding hydrogens is 404 g/mol. The van der Waals surface area contributed by atoms with Crippen LogP contribution in [0, 0.1) is 10.1 Å². The van der Waals surface area contributed by atoms with Gasteiger partial charge in [-0.2, -0.15) is 0 Å². The third kappa shape index (κ3) is 5.36. The molecule has 2 N–H and O–H groups in total. The van der Waals surface area contributed by atoms with Gasteiger partial charge in [-0.05, 0) is 42.0 Å². The van der Waals surface area contributed by atoms with Gasteiger partial charge < -0.3 is 19.9 Å². The van der Waals surface area contributed by atoms with E-state index in [4.69, 9.17) is 14.6 Å². The number of methoxy groups -OCH3 is 1. The van der Waals surface area contributed by atoms with E-state index in [1.54, 1.807) is 30.3 Å². The Morgan fingerprint density at radius 3 is 2.45 bits per heavy atom. The minimum atomic E-state index is -1.01. The highest BCUT2D eigenvalue weighted by Gasteiger charge is 2.16. The summed E-state index contributed by atoms with van der Waals surface area (Å²) in [5.41, 5.74) is 1.44. The highest BCUT2D eigenvalue weighted by molar-refractivity contribution is 5.92. The average Bonchev–Trinajstić information content (AvgIpc) is 2.78. The number of carboxylic acid groups (broad SMARTS) is 1. The molecule has 0 unspecified atom stereocenters. The van der Waals surface area contributed by atoms with E-state index in [-0.39, 0.29) is 22.6 Å². The van der Waals surface area contributed by atoms with Crippen LogP contribution in [-0.2, 0) is 6.54 Å². The fraction of sp³-hybridized carbons (Fsp3) is 0.0909. The summed E-state index contributed by atoms with van der Waals surface area (Å²) in [4.78, 5) is 33.7. The summed E-state index contributed by atoms with van der Waals surface area (Å²) >= 11 is 0. The van der Waals surface area contributed by atoms with Crippen molar-refractivity contribution >= 4 is 23.3 Å². The number of nitro groups is 1. The van der Waals surface area contributed by atoms with Crippen molar-refractivity contribution in [3.8, 4) is 11.5 Å². The standard InChI is InChI=1S/C22H18N2O7/c1-30-20-10-14(13-23-17-6-2-4-15(11-17)21(25)26)8-9-19(20)31-22(27)16-5-3-7-18(12-16)24(28)29/h2-12,23H,13H2,1H3,(H,25,26). The zero-order chi connectivity index (χ0) is 22.4. The van der Waals surface area contributed by atoms with Gasteiger partial charge >= 0.3 is 11.9 Å². The van der Waals surface area contributed by atoms with Crippen molar-refractivity contribution in [1.29, 1.82) is 0 Å². The molecule has 0 atom stereocenters. The van der Waals surface area contributed by atoms with Gasteiger partial charge in [-0.1, -0.05) is 18.2 Å². The van der Waals surface area contributed by atoms with E-state index in [2.05, 4.69) is 5.32 Å². The number of esters is 1. The molecule has 0 saturated carbocycles. The van der Waals surface area contributed by atoms with Gasteiger partial charge in [-0.15, -0.1) is 0 Å². The molecule has 0 aromatic heterocycles. The Balaban J connectivity index is 1.72. The lowest BCUT2D eigenvalue weighted by Crippen LogP contribution is -2.10. The third-order valence-electron chi connectivity index (χ3n) is 4.33. The van der Waals surface area contributed by atoms with Crippen LogP contribution in [0.1, 0.15) is 26.3 Å². The summed E-state index contributed by atoms with van der Waals surface area (Å²) in [5, 5.41) is 23.1. The second-order valence-electron chi connectivity index (χ2n) is 6.42. The Morgan fingerprint density at radius 2 is 1.74 bits per heavy atom. The molecule has 3 aromatic carbocycles. The van der Waals surface area contributed by atoms with Crippen LogP contribution in [-0.4, -0.2) is 29.1 Å². The number of carbonyl (C=O) groups is 2. The number of nitrogens with zero attached hydrogens (tertiary/aromatic N) is 1. The van der Waals surface area contributed by atoms with Crippen molar-refractivity contribution in [3.63, 3.8) is 0 Å². The largest absolute Gasteiger partial charge is 0.493 e. The minimum Gasteiger partial charge on any atom is -0.493 e. The first-order valence-corrected chi connectivity index (χ1v) is 9.08. The van der Waals surface area contributed by atoms with E-state index in [0.717, 1.165) is 11.6 Å². The van der Waals surface area contributed by atoms with Gasteiger partial charge in [0.05, 0.1) is 23.2 Å². The molecule has 9 heteroatoms. The zero-order valence-electron chi connectivity index (χ0n) is 16.4. The molecule has 31 heavy (non-hydrogen) atoms. The van der Waals surface area contributed by atoms with E-state index in [9.17, 15) is 19.7 Å². The molecule has 0 radical (unpaired) electrons. The van der Waals surface area contributed by atoms with Gasteiger partial charge in [0.1, 0.15) is 0 Å². The van der Waals surface area contributed by atoms with E-state index in [1.165, 1.54) is 37.4 Å². The second kappa shape index (κ2) is 9.40. The molecule has 0 aliphatic carbocycles. The van der Waals surface area contributed by atoms with Crippen molar-refractivity contribution in [2.45, 2.75) is 6.54 Å². The number of rotatable bonds is 8. The summed E-state index contributed by atoms with van der Waals surface area (Å²) in [6.07, 6.45) is 0. The number of nitro benzene ring substituents is 1. The van der Waals surface area contributed by atoms with Crippen LogP contribution < -0.4 is 14.8 Å². The molecule has 0 saturated heterocycles. The molecule has 0 aliphatic rings. The maximum absolute atomic E-state index is 12.4. The smallest absolute Gasteiger partial charge is 0.343 e. The topological polar surface area (TPSA) is 128 Å². The van der Waals surface area contributed by atoms with Crippen LogP contribution in [0.15, 0.2) is 66.7 Å². The lowest BCUT2D eigenvalue weighted by Gasteiger charge is -2.12. The van der Waals surface area contributed by atoms with Gasteiger partial charge in [-0.25, -0.2) is 9.59 Å². The predicted octanol–water partition coefficient (Wildman–Crippen LogP) is 4.13. The highest BCUT2D eigenvalue weighted by atomic mass is 16.6. The maximum Gasteiger partial charge on any atom is 0.343 e. The molecule has 0 fully saturated rings. The molecule has 0 aliphatic heterocycles. The lowest BCUT2D eigenvalue weighted by molar-refractivity contribution is -0.384. The summed E-state index contributed by atoms with van der Waals surface area (Å²) < 4.78 is 10.6. The normalized spacial score (nSPS) is 10.2. The molecule has 9 nitrogen and oxygen atoms in total. The Bertz CT molecular complexity index is 1140. The minimum absolute atomic E-state index is 0.0420. The highest BCUT2D eigenvalue weighted by Crippen LogP contribution is 2.29. The summed E-state index contributed by atoms with van der Waals surface area (Å²) in [6, 6.07) is 16.6. The first-order chi connectivity index (χ1) is 14.9. The summed E-state index contributed by atoms with van der Waals surface area (Å²) in [6.45, 7) is 0.374. The molecule has 0 spiro atoms. The molecule has 158 valence electrons. The molecule has 3 aromatic rings. The average molecular weight is 422 g/mol. The fourth-order valence-electron chi connectivity index (χ4n) is 2.78. The number of carbonyl (C=O) groups excluding carboxylic acids is 1. The van der Waals surface area contributed by atoms with Crippen molar-refractivity contribution in [1.82, 2.24) is 0 Å². The quantitative estimate of drug-likeness (QED) is 0.240. The first-order valence-electron chi connectivity index (χ1n) is 9.08.